The molecule has 0 atom stereocenters. The first-order valence-corrected chi connectivity index (χ1v) is 25.9. The molecule has 0 saturated carbocycles. The molecule has 8 aromatic rings. The highest BCUT2D eigenvalue weighted by atomic mass is 32.1. The van der Waals surface area contributed by atoms with Crippen LogP contribution in [0.25, 0.3) is 31.9 Å². The van der Waals surface area contributed by atoms with E-state index in [9.17, 15) is 0 Å². The summed E-state index contributed by atoms with van der Waals surface area (Å²) in [5.74, 6) is 0. The fraction of sp³-hybridized carbons (Fsp3) is 0.328. The second-order valence-corrected chi connectivity index (χ2v) is 26.2. The van der Waals surface area contributed by atoms with E-state index in [-0.39, 0.29) is 33.8 Å². The van der Waals surface area contributed by atoms with Crippen molar-refractivity contribution in [1.29, 1.82) is 0 Å². The van der Waals surface area contributed by atoms with Crippen LogP contribution >= 0.6 is 11.3 Å². The molecule has 3 heterocycles. The Morgan fingerprint density at radius 1 is 0.391 bits per heavy atom. The molecule has 350 valence electrons. The molecule has 0 aliphatic carbocycles. The van der Waals surface area contributed by atoms with Crippen LogP contribution in [0.2, 0.25) is 0 Å². The highest BCUT2D eigenvalue weighted by Gasteiger charge is 2.44. The highest BCUT2D eigenvalue weighted by Crippen LogP contribution is 2.48. The monoisotopic (exact) mass is 924 g/mol. The number of aromatic nitrogens is 1. The van der Waals surface area contributed by atoms with Gasteiger partial charge in [-0.1, -0.05) is 183 Å². The zero-order valence-corrected chi connectivity index (χ0v) is 44.8. The van der Waals surface area contributed by atoms with Gasteiger partial charge >= 0.3 is 0 Å². The summed E-state index contributed by atoms with van der Waals surface area (Å²) in [6.07, 6.45) is 0. The van der Waals surface area contributed by atoms with Gasteiger partial charge in [0.1, 0.15) is 5.01 Å². The largest absolute Gasteiger partial charge is 0.311 e. The molecule has 2 aliphatic rings. The molecular weight excluding hydrogens is 854 g/mol. The minimum atomic E-state index is -0.0521. The van der Waals surface area contributed by atoms with Gasteiger partial charge in [-0.2, -0.15) is 0 Å². The van der Waals surface area contributed by atoms with Crippen LogP contribution in [-0.4, -0.2) is 11.7 Å². The Morgan fingerprint density at radius 3 is 1.36 bits per heavy atom. The van der Waals surface area contributed by atoms with Gasteiger partial charge in [-0.05, 0) is 149 Å². The predicted molar refractivity (Wildman–Crippen MR) is 303 cm³/mol. The average molecular weight is 924 g/mol. The SMILES string of the molecule is Cc1cc2c3c(c1)N(c1cc(C(C)(C)C)cc(C(C)(C)C)c1)c1cc4sc(-c5ccc(-c6ccc(C(C)(C)C)cc6)cc5)nc4cc1B3c1cc(C(C)(C)C)ccc1N2c1ccc(C(C)(C)C)cc1. The molecule has 5 heteroatoms. The van der Waals surface area contributed by atoms with E-state index in [2.05, 4.69) is 254 Å². The quantitative estimate of drug-likeness (QED) is 0.164. The maximum absolute atomic E-state index is 5.49. The number of rotatable bonds is 4. The van der Waals surface area contributed by atoms with Crippen LogP contribution in [0.3, 0.4) is 0 Å². The van der Waals surface area contributed by atoms with E-state index >= 15 is 0 Å². The van der Waals surface area contributed by atoms with E-state index in [1.807, 2.05) is 0 Å². The van der Waals surface area contributed by atoms with Gasteiger partial charge in [0, 0.05) is 39.7 Å². The Bertz CT molecular complexity index is 3250. The van der Waals surface area contributed by atoms with Gasteiger partial charge in [0.2, 0.25) is 0 Å². The first-order valence-electron chi connectivity index (χ1n) is 25.1. The number of aryl methyl sites for hydroxylation is 1. The predicted octanol–water partition coefficient (Wildman–Crippen LogP) is 16.5. The average Bonchev–Trinajstić information content (AvgIpc) is 3.69. The van der Waals surface area contributed by atoms with E-state index in [4.69, 9.17) is 4.98 Å². The third kappa shape index (κ3) is 8.43. The number of hydrogen-bond acceptors (Lipinski definition) is 4. The Hall–Kier alpha value is -5.91. The normalized spacial score (nSPS) is 14.0. The minimum Gasteiger partial charge on any atom is -0.311 e. The van der Waals surface area contributed by atoms with Crippen LogP contribution in [0.4, 0.5) is 34.1 Å². The van der Waals surface area contributed by atoms with Gasteiger partial charge in [-0.3, -0.25) is 0 Å². The standard InChI is InChI=1S/C64H70BN3S/c1-39-31-55-58-56(32-39)68(49-34-46(63(11,12)13)33-47(35-49)64(14,15)16)54-38-57-52(66-59(69-57)42-19-17-40(18-20-42)41-21-23-43(24-22-41)60(2,3)4)37-51(54)65(58)50-36-45(62(8,9)10)27-30-53(50)67(55)48-28-25-44(26-29-48)61(5,6)7/h17-38H,1-16H3. The second kappa shape index (κ2) is 16.1. The molecule has 0 spiro atoms. The molecule has 0 unspecified atom stereocenters. The Balaban J connectivity index is 1.22. The lowest BCUT2D eigenvalue weighted by Gasteiger charge is -2.45. The van der Waals surface area contributed by atoms with Gasteiger partial charge in [-0.25, -0.2) is 4.98 Å². The van der Waals surface area contributed by atoms with Gasteiger partial charge < -0.3 is 9.80 Å². The van der Waals surface area contributed by atoms with Crippen molar-refractivity contribution >= 4 is 78.8 Å². The fourth-order valence-corrected chi connectivity index (χ4v) is 11.4. The second-order valence-electron chi connectivity index (χ2n) is 25.2. The summed E-state index contributed by atoms with van der Waals surface area (Å²) in [6, 6.07) is 51.8. The first kappa shape index (κ1) is 46.8. The number of thiazole rings is 1. The zero-order valence-electron chi connectivity index (χ0n) is 44.0. The summed E-state index contributed by atoms with van der Waals surface area (Å²) >= 11 is 1.80. The topological polar surface area (TPSA) is 19.4 Å². The Labute approximate surface area is 417 Å². The van der Waals surface area contributed by atoms with E-state index in [0.717, 1.165) is 16.1 Å². The van der Waals surface area contributed by atoms with E-state index in [1.165, 1.54) is 99.7 Å². The minimum absolute atomic E-state index is 0.0179. The maximum atomic E-state index is 5.49. The van der Waals surface area contributed by atoms with Crippen LogP contribution in [0.1, 0.15) is 137 Å². The van der Waals surface area contributed by atoms with Crippen LogP contribution in [-0.2, 0) is 27.1 Å². The van der Waals surface area contributed by atoms with E-state index in [1.54, 1.807) is 11.3 Å². The summed E-state index contributed by atoms with van der Waals surface area (Å²) in [4.78, 5) is 10.7. The Morgan fingerprint density at radius 2 is 0.841 bits per heavy atom. The smallest absolute Gasteiger partial charge is 0.252 e. The van der Waals surface area contributed by atoms with Crippen molar-refractivity contribution in [3.8, 4) is 21.7 Å². The maximum Gasteiger partial charge on any atom is 0.252 e. The lowest BCUT2D eigenvalue weighted by atomic mass is 9.33. The molecule has 0 bridgehead atoms. The van der Waals surface area contributed by atoms with Gasteiger partial charge in [0.25, 0.3) is 6.71 Å². The number of nitrogens with zero attached hydrogens (tertiary/aromatic N) is 3. The molecule has 0 N–H and O–H groups in total. The fourth-order valence-electron chi connectivity index (χ4n) is 10.4. The summed E-state index contributed by atoms with van der Waals surface area (Å²) in [6.45, 7) is 37.0. The number of anilines is 6. The van der Waals surface area contributed by atoms with Crippen molar-refractivity contribution in [2.24, 2.45) is 0 Å². The molecule has 7 aromatic carbocycles. The molecule has 69 heavy (non-hydrogen) atoms. The van der Waals surface area contributed by atoms with Crippen molar-refractivity contribution < 1.29 is 0 Å². The molecule has 1 aromatic heterocycles. The van der Waals surface area contributed by atoms with Gasteiger partial charge in [0.05, 0.1) is 10.2 Å². The van der Waals surface area contributed by atoms with Crippen molar-refractivity contribution in [2.45, 2.75) is 138 Å². The summed E-state index contributed by atoms with van der Waals surface area (Å²) in [5, 5.41) is 1.04. The molecular formula is C64H70BN3S. The lowest BCUT2D eigenvalue weighted by molar-refractivity contribution is 0.568. The molecule has 0 fully saturated rings. The van der Waals surface area contributed by atoms with Crippen molar-refractivity contribution in [2.75, 3.05) is 9.80 Å². The van der Waals surface area contributed by atoms with Gasteiger partial charge in [-0.15, -0.1) is 11.3 Å². The van der Waals surface area contributed by atoms with E-state index < -0.39 is 0 Å². The molecule has 2 aliphatic heterocycles. The third-order valence-corrected chi connectivity index (χ3v) is 15.8. The summed E-state index contributed by atoms with van der Waals surface area (Å²) < 4.78 is 1.19. The molecule has 0 radical (unpaired) electrons. The summed E-state index contributed by atoms with van der Waals surface area (Å²) in [7, 11) is 0. The zero-order chi connectivity index (χ0) is 49.3. The number of fused-ring (bicyclic) bond motifs is 5. The lowest BCUT2D eigenvalue weighted by Crippen LogP contribution is -2.61. The van der Waals surface area contributed by atoms with Crippen LogP contribution < -0.4 is 26.2 Å². The number of hydrogen-bond donors (Lipinski definition) is 0. The Kier molecular flexibility index (Phi) is 10.9. The third-order valence-electron chi connectivity index (χ3n) is 14.7. The van der Waals surface area contributed by atoms with E-state index in [0.29, 0.717) is 0 Å². The van der Waals surface area contributed by atoms with Gasteiger partial charge in [0.15, 0.2) is 0 Å². The van der Waals surface area contributed by atoms with Crippen molar-refractivity contribution in [3.05, 3.63) is 167 Å². The van der Waals surface area contributed by atoms with Crippen molar-refractivity contribution in [3.63, 3.8) is 0 Å². The van der Waals surface area contributed by atoms with Crippen molar-refractivity contribution in [1.82, 2.24) is 4.98 Å². The molecule has 0 saturated heterocycles. The van der Waals surface area contributed by atoms with Crippen LogP contribution in [0.5, 0.6) is 0 Å². The molecule has 0 amide bonds. The highest BCUT2D eigenvalue weighted by molar-refractivity contribution is 7.21. The van der Waals surface area contributed by atoms with Crippen LogP contribution in [0, 0.1) is 6.92 Å². The molecule has 10 rings (SSSR count). The summed E-state index contributed by atoms with van der Waals surface area (Å²) in [5.41, 5.74) is 23.9. The molecule has 3 nitrogen and oxygen atoms in total. The first-order chi connectivity index (χ1) is 32.2. The van der Waals surface area contributed by atoms with Crippen LogP contribution in [0.15, 0.2) is 133 Å². The number of benzene rings is 7.